The third kappa shape index (κ3) is 11.1. The van der Waals surface area contributed by atoms with E-state index in [0.717, 1.165) is 61.0 Å². The van der Waals surface area contributed by atoms with E-state index in [1.807, 2.05) is 66.7 Å². The molecular formula is C96H60N6. The van der Waals surface area contributed by atoms with Gasteiger partial charge in [0, 0.05) is 33.4 Å². The Morgan fingerprint density at radius 3 is 0.863 bits per heavy atom. The average Bonchev–Trinajstić information content (AvgIpc) is 0.751. The first-order chi connectivity index (χ1) is 50.5. The summed E-state index contributed by atoms with van der Waals surface area (Å²) in [5.74, 6) is 3.91. The van der Waals surface area contributed by atoms with Gasteiger partial charge in [0.15, 0.2) is 34.9 Å². The molecule has 0 saturated heterocycles. The Morgan fingerprint density at radius 1 is 0.118 bits per heavy atom. The van der Waals surface area contributed by atoms with Crippen molar-refractivity contribution in [2.75, 3.05) is 0 Å². The van der Waals surface area contributed by atoms with Crippen LogP contribution in [0.1, 0.15) is 0 Å². The molecule has 0 aliphatic rings. The van der Waals surface area contributed by atoms with Crippen LogP contribution in [-0.2, 0) is 0 Å². The van der Waals surface area contributed by atoms with Gasteiger partial charge in [0.1, 0.15) is 0 Å². The molecule has 0 bridgehead atoms. The lowest BCUT2D eigenvalue weighted by atomic mass is 9.92. The van der Waals surface area contributed by atoms with E-state index >= 15 is 0 Å². The van der Waals surface area contributed by atoms with Crippen molar-refractivity contribution in [1.29, 1.82) is 0 Å². The maximum Gasteiger partial charge on any atom is 0.164 e. The van der Waals surface area contributed by atoms with Gasteiger partial charge in [-0.25, -0.2) is 29.9 Å². The molecule has 0 atom stereocenters. The highest BCUT2D eigenvalue weighted by Gasteiger charge is 2.18. The highest BCUT2D eigenvalue weighted by molar-refractivity contribution is 6.26. The number of benzene rings is 18. The summed E-state index contributed by atoms with van der Waals surface area (Å²) in [6, 6.07) is 129. The second kappa shape index (κ2) is 25.3. The fourth-order valence-electron chi connectivity index (χ4n) is 14.8. The molecule has 0 fully saturated rings. The third-order valence-electron chi connectivity index (χ3n) is 20.0. The summed E-state index contributed by atoms with van der Waals surface area (Å²) >= 11 is 0. The lowest BCUT2D eigenvalue weighted by Crippen LogP contribution is -2.00. The van der Waals surface area contributed by atoms with Crippen LogP contribution in [-0.4, -0.2) is 29.9 Å². The standard InChI is InChI=1S/C49H31N3.C47H29N3/c1-3-10-32(11-4-1)38-15-9-16-41(31-38)49-51-47(36-13-5-2-6-14-36)50-48(52-49)37-21-18-33(19-22-37)39-26-27-43-40(30-39)23-20-35-25-28-44-42-17-8-7-12-34(42)24-29-45(44)46(35)43;1-2-10-34(11-3-1)45-48-46(50-47(49-45)39-21-16-30-8-4-5-12-36(30)29-39)35-18-14-31(15-19-35)37-24-25-41-38(28-37)20-17-33-23-26-42-40-13-7-6-9-32(40)22-27-43(42)44(33)41/h1-31H;1-29H. The molecule has 6 heteroatoms. The zero-order valence-corrected chi connectivity index (χ0v) is 55.3. The Hall–Kier alpha value is -13.7. The number of rotatable bonds is 9. The monoisotopic (exact) mass is 1300 g/mol. The van der Waals surface area contributed by atoms with E-state index in [4.69, 9.17) is 29.9 Å². The summed E-state index contributed by atoms with van der Waals surface area (Å²) in [6.45, 7) is 0. The zero-order valence-electron chi connectivity index (χ0n) is 55.3. The van der Waals surface area contributed by atoms with Crippen LogP contribution in [0.3, 0.4) is 0 Å². The van der Waals surface area contributed by atoms with Gasteiger partial charge in [-0.15, -0.1) is 0 Å². The molecule has 2 heterocycles. The SMILES string of the molecule is c1ccc(-c2cccc(-c3nc(-c4ccccc4)nc(-c4ccc(-c5ccc6c(ccc7ccc8c9ccccc9ccc8c76)c5)cc4)n3)c2)cc1.c1ccc(-c2nc(-c3ccc(-c4ccc5c(ccc6ccc7c8ccccc8ccc7c65)c4)cc3)nc(-c3ccc4ccccc4c3)n2)cc1. The van der Waals surface area contributed by atoms with Gasteiger partial charge in [-0.3, -0.25) is 0 Å². The third-order valence-corrected chi connectivity index (χ3v) is 20.0. The van der Waals surface area contributed by atoms with E-state index in [-0.39, 0.29) is 0 Å². The van der Waals surface area contributed by atoms with Crippen LogP contribution in [0.5, 0.6) is 0 Å². The molecule has 0 saturated carbocycles. The van der Waals surface area contributed by atoms with E-state index in [2.05, 4.69) is 297 Å². The maximum atomic E-state index is 5.03. The average molecular weight is 1300 g/mol. The Bertz CT molecular complexity index is 6660. The Labute approximate surface area is 588 Å². The molecule has 0 spiro atoms. The van der Waals surface area contributed by atoms with Gasteiger partial charge >= 0.3 is 0 Å². The Balaban J connectivity index is 0.000000141. The first kappa shape index (κ1) is 59.6. The number of fused-ring (bicyclic) bond motifs is 15. The lowest BCUT2D eigenvalue weighted by molar-refractivity contribution is 1.07. The minimum Gasteiger partial charge on any atom is -0.208 e. The maximum absolute atomic E-state index is 5.03. The number of nitrogens with zero attached hydrogens (tertiary/aromatic N) is 6. The number of aromatic nitrogens is 6. The van der Waals surface area contributed by atoms with Crippen LogP contribution >= 0.6 is 0 Å². The van der Waals surface area contributed by atoms with Crippen molar-refractivity contribution in [1.82, 2.24) is 29.9 Å². The molecule has 2 aromatic heterocycles. The molecule has 474 valence electrons. The molecule has 6 nitrogen and oxygen atoms in total. The van der Waals surface area contributed by atoms with Crippen molar-refractivity contribution in [2.45, 2.75) is 0 Å². The van der Waals surface area contributed by atoms with Gasteiger partial charge in [-0.1, -0.05) is 340 Å². The van der Waals surface area contributed by atoms with Crippen LogP contribution < -0.4 is 0 Å². The van der Waals surface area contributed by atoms with E-state index < -0.39 is 0 Å². The predicted molar refractivity (Wildman–Crippen MR) is 426 cm³/mol. The summed E-state index contributed by atoms with van der Waals surface area (Å²) in [5.41, 5.74) is 12.6. The highest BCUT2D eigenvalue weighted by Crippen LogP contribution is 2.41. The molecule has 0 amide bonds. The summed E-state index contributed by atoms with van der Waals surface area (Å²) in [4.78, 5) is 29.9. The molecule has 0 radical (unpaired) electrons. The number of hydrogen-bond acceptors (Lipinski definition) is 6. The van der Waals surface area contributed by atoms with Gasteiger partial charge in [0.25, 0.3) is 0 Å². The summed E-state index contributed by atoms with van der Waals surface area (Å²) in [6.07, 6.45) is 0. The van der Waals surface area contributed by atoms with E-state index in [1.54, 1.807) is 0 Å². The largest absolute Gasteiger partial charge is 0.208 e. The topological polar surface area (TPSA) is 77.3 Å². The highest BCUT2D eigenvalue weighted by atomic mass is 15.0. The Kier molecular flexibility index (Phi) is 14.8. The summed E-state index contributed by atoms with van der Waals surface area (Å²) in [7, 11) is 0. The minimum absolute atomic E-state index is 0.643. The normalized spacial score (nSPS) is 11.5. The summed E-state index contributed by atoms with van der Waals surface area (Å²) < 4.78 is 0. The lowest BCUT2D eigenvalue weighted by Gasteiger charge is -2.12. The fraction of sp³-hybridized carbons (Fsp3) is 0. The molecule has 20 aromatic rings. The van der Waals surface area contributed by atoms with Crippen molar-refractivity contribution < 1.29 is 0 Å². The van der Waals surface area contributed by atoms with Gasteiger partial charge < -0.3 is 0 Å². The molecule has 0 N–H and O–H groups in total. The predicted octanol–water partition coefficient (Wildman–Crippen LogP) is 25.1. The van der Waals surface area contributed by atoms with Crippen molar-refractivity contribution in [3.05, 3.63) is 364 Å². The molecule has 0 aliphatic heterocycles. The van der Waals surface area contributed by atoms with E-state index in [9.17, 15) is 0 Å². The molecule has 20 rings (SSSR count). The van der Waals surface area contributed by atoms with E-state index in [0.29, 0.717) is 34.9 Å². The summed E-state index contributed by atoms with van der Waals surface area (Å²) in [5, 5.41) is 22.7. The van der Waals surface area contributed by atoms with Crippen molar-refractivity contribution in [3.8, 4) is 102 Å². The van der Waals surface area contributed by atoms with Crippen LogP contribution in [0.25, 0.3) is 199 Å². The van der Waals surface area contributed by atoms with Crippen molar-refractivity contribution >= 4 is 97.0 Å². The van der Waals surface area contributed by atoms with Crippen LogP contribution in [0.2, 0.25) is 0 Å². The molecule has 0 unspecified atom stereocenters. The van der Waals surface area contributed by atoms with Gasteiger partial charge in [-0.05, 0) is 155 Å². The first-order valence-electron chi connectivity index (χ1n) is 34.5. The van der Waals surface area contributed by atoms with E-state index in [1.165, 1.54) is 103 Å². The van der Waals surface area contributed by atoms with Crippen LogP contribution in [0, 0.1) is 0 Å². The van der Waals surface area contributed by atoms with Crippen LogP contribution in [0.4, 0.5) is 0 Å². The van der Waals surface area contributed by atoms with Crippen molar-refractivity contribution in [2.24, 2.45) is 0 Å². The fourth-order valence-corrected chi connectivity index (χ4v) is 14.8. The van der Waals surface area contributed by atoms with Gasteiger partial charge in [0.05, 0.1) is 0 Å². The molecular weight excluding hydrogens is 1240 g/mol. The minimum atomic E-state index is 0.643. The number of hydrogen-bond donors (Lipinski definition) is 0. The molecule has 102 heavy (non-hydrogen) atoms. The first-order valence-corrected chi connectivity index (χ1v) is 34.5. The van der Waals surface area contributed by atoms with Crippen molar-refractivity contribution in [3.63, 3.8) is 0 Å². The second-order valence-electron chi connectivity index (χ2n) is 26.1. The zero-order chi connectivity index (χ0) is 67.5. The smallest absolute Gasteiger partial charge is 0.164 e. The Morgan fingerprint density at radius 2 is 0.382 bits per heavy atom. The van der Waals surface area contributed by atoms with Crippen LogP contribution in [0.15, 0.2) is 364 Å². The van der Waals surface area contributed by atoms with Gasteiger partial charge in [0.2, 0.25) is 0 Å². The van der Waals surface area contributed by atoms with Gasteiger partial charge in [-0.2, -0.15) is 0 Å². The molecule has 18 aromatic carbocycles. The second-order valence-corrected chi connectivity index (χ2v) is 26.1. The molecule has 0 aliphatic carbocycles. The quantitative estimate of drug-likeness (QED) is 0.134.